The summed E-state index contributed by atoms with van der Waals surface area (Å²) in [6.07, 6.45) is 3.21. The smallest absolute Gasteiger partial charge is 0.248 e. The van der Waals surface area contributed by atoms with Gasteiger partial charge < -0.3 is 9.73 Å². The van der Waals surface area contributed by atoms with Crippen LogP contribution in [0.4, 0.5) is 5.69 Å². The summed E-state index contributed by atoms with van der Waals surface area (Å²) in [6, 6.07) is 21.7. The molecule has 1 amide bonds. The van der Waals surface area contributed by atoms with Gasteiger partial charge in [-0.15, -0.1) is 0 Å². The lowest BCUT2D eigenvalue weighted by Crippen LogP contribution is -2.08. The summed E-state index contributed by atoms with van der Waals surface area (Å²) in [6.45, 7) is 0. The summed E-state index contributed by atoms with van der Waals surface area (Å²) < 4.78 is 5.81. The minimum Gasteiger partial charge on any atom is -0.456 e. The summed E-state index contributed by atoms with van der Waals surface area (Å²) in [7, 11) is 0. The maximum Gasteiger partial charge on any atom is 0.248 e. The fourth-order valence-corrected chi connectivity index (χ4v) is 2.80. The van der Waals surface area contributed by atoms with Crippen molar-refractivity contribution in [2.24, 2.45) is 0 Å². The molecule has 4 rings (SSSR count). The van der Waals surface area contributed by atoms with E-state index in [2.05, 4.69) is 5.32 Å². The van der Waals surface area contributed by atoms with Crippen LogP contribution in [0.3, 0.4) is 0 Å². The van der Waals surface area contributed by atoms with Gasteiger partial charge in [-0.05, 0) is 35.9 Å². The van der Waals surface area contributed by atoms with Crippen LogP contribution in [0.15, 0.2) is 88.1 Å². The topological polar surface area (TPSA) is 59.3 Å². The Kier molecular flexibility index (Phi) is 4.07. The first-order valence-corrected chi connectivity index (χ1v) is 8.20. The van der Waals surface area contributed by atoms with Crippen molar-refractivity contribution in [2.75, 3.05) is 5.32 Å². The highest BCUT2D eigenvalue weighted by Crippen LogP contribution is 2.21. The molecule has 3 aromatic carbocycles. The van der Waals surface area contributed by atoms with Gasteiger partial charge in [0.05, 0.1) is 10.8 Å². The molecule has 1 heterocycles. The molecule has 0 saturated heterocycles. The molecule has 0 spiro atoms. The fourth-order valence-electron chi connectivity index (χ4n) is 2.80. The van der Waals surface area contributed by atoms with E-state index in [9.17, 15) is 9.59 Å². The van der Waals surface area contributed by atoms with Crippen molar-refractivity contribution >= 4 is 39.6 Å². The third-order valence-corrected chi connectivity index (χ3v) is 4.07. The number of fused-ring (bicyclic) bond motifs is 2. The predicted molar refractivity (Wildman–Crippen MR) is 104 cm³/mol. The first-order valence-electron chi connectivity index (χ1n) is 8.20. The molecule has 0 aliphatic heterocycles. The number of rotatable bonds is 3. The maximum absolute atomic E-state index is 12.5. The summed E-state index contributed by atoms with van der Waals surface area (Å²) in [5, 5.41) is 3.82. The van der Waals surface area contributed by atoms with E-state index in [1.54, 1.807) is 42.5 Å². The SMILES string of the molecule is O=C(C=Cc1ccccc1)Nc1ccc2c(=O)c3ccccc3oc2c1. The van der Waals surface area contributed by atoms with Crippen LogP contribution in [0.2, 0.25) is 0 Å². The number of hydrogen-bond donors (Lipinski definition) is 1. The number of nitrogens with one attached hydrogen (secondary N) is 1. The molecule has 0 saturated carbocycles. The van der Waals surface area contributed by atoms with E-state index < -0.39 is 0 Å². The minimum absolute atomic E-state index is 0.0799. The molecule has 26 heavy (non-hydrogen) atoms. The van der Waals surface area contributed by atoms with Crippen LogP contribution in [0.25, 0.3) is 28.0 Å². The van der Waals surface area contributed by atoms with Crippen molar-refractivity contribution in [3.63, 3.8) is 0 Å². The second kappa shape index (κ2) is 6.69. The van der Waals surface area contributed by atoms with E-state index in [1.165, 1.54) is 6.08 Å². The average molecular weight is 341 g/mol. The van der Waals surface area contributed by atoms with E-state index >= 15 is 0 Å². The van der Waals surface area contributed by atoms with Crippen LogP contribution >= 0.6 is 0 Å². The molecular formula is C22H15NO3. The molecular weight excluding hydrogens is 326 g/mol. The first-order chi connectivity index (χ1) is 12.7. The molecule has 4 heteroatoms. The quantitative estimate of drug-likeness (QED) is 0.438. The Labute approximate surface area is 149 Å². The molecule has 1 aromatic heterocycles. The third kappa shape index (κ3) is 3.13. The number of para-hydroxylation sites is 1. The number of anilines is 1. The molecule has 4 nitrogen and oxygen atoms in total. The Morgan fingerprint density at radius 3 is 2.42 bits per heavy atom. The Morgan fingerprint density at radius 2 is 1.58 bits per heavy atom. The first kappa shape index (κ1) is 15.8. The highest BCUT2D eigenvalue weighted by molar-refractivity contribution is 6.03. The molecule has 0 bridgehead atoms. The highest BCUT2D eigenvalue weighted by Gasteiger charge is 2.08. The Bertz CT molecular complexity index is 1190. The van der Waals surface area contributed by atoms with Gasteiger partial charge in [0.1, 0.15) is 11.2 Å². The third-order valence-electron chi connectivity index (χ3n) is 4.07. The van der Waals surface area contributed by atoms with E-state index in [-0.39, 0.29) is 11.3 Å². The second-order valence-electron chi connectivity index (χ2n) is 5.87. The molecule has 0 atom stereocenters. The van der Waals surface area contributed by atoms with Gasteiger partial charge >= 0.3 is 0 Å². The van der Waals surface area contributed by atoms with Crippen LogP contribution < -0.4 is 10.7 Å². The zero-order valence-electron chi connectivity index (χ0n) is 13.8. The van der Waals surface area contributed by atoms with Gasteiger partial charge in [-0.3, -0.25) is 9.59 Å². The zero-order chi connectivity index (χ0) is 17.9. The number of carbonyl (C=O) groups is 1. The lowest BCUT2D eigenvalue weighted by molar-refractivity contribution is -0.111. The van der Waals surface area contributed by atoms with E-state index in [4.69, 9.17) is 4.42 Å². The van der Waals surface area contributed by atoms with Gasteiger partial charge in [0.25, 0.3) is 0 Å². The van der Waals surface area contributed by atoms with Crippen LogP contribution in [0, 0.1) is 0 Å². The monoisotopic (exact) mass is 341 g/mol. The van der Waals surface area contributed by atoms with Gasteiger partial charge in [0.2, 0.25) is 11.3 Å². The fraction of sp³-hybridized carbons (Fsp3) is 0. The molecule has 1 N–H and O–H groups in total. The van der Waals surface area contributed by atoms with Crippen LogP contribution in [-0.2, 0) is 4.79 Å². The van der Waals surface area contributed by atoms with Crippen molar-refractivity contribution in [3.05, 3.63) is 94.7 Å². The summed E-state index contributed by atoms with van der Waals surface area (Å²) in [5.74, 6) is -0.253. The predicted octanol–water partition coefficient (Wildman–Crippen LogP) is 4.60. The Hall–Kier alpha value is -3.66. The van der Waals surface area contributed by atoms with Crippen LogP contribution in [-0.4, -0.2) is 5.91 Å². The normalized spacial score (nSPS) is 11.2. The summed E-state index contributed by atoms with van der Waals surface area (Å²) >= 11 is 0. The standard InChI is InChI=1S/C22H15NO3/c24-21(13-10-15-6-2-1-3-7-15)23-16-11-12-18-20(14-16)26-19-9-5-4-8-17(19)22(18)25/h1-14H,(H,23,24). The van der Waals surface area contributed by atoms with Gasteiger partial charge in [-0.25, -0.2) is 0 Å². The molecule has 126 valence electrons. The largest absolute Gasteiger partial charge is 0.456 e. The van der Waals surface area contributed by atoms with E-state index in [0.29, 0.717) is 27.6 Å². The number of carbonyl (C=O) groups excluding carboxylic acids is 1. The van der Waals surface area contributed by atoms with Gasteiger partial charge in [-0.1, -0.05) is 42.5 Å². The average Bonchev–Trinajstić information content (AvgIpc) is 2.67. The zero-order valence-corrected chi connectivity index (χ0v) is 13.8. The molecule has 0 fully saturated rings. The number of hydrogen-bond acceptors (Lipinski definition) is 3. The molecule has 0 unspecified atom stereocenters. The van der Waals surface area contributed by atoms with Crippen molar-refractivity contribution < 1.29 is 9.21 Å². The highest BCUT2D eigenvalue weighted by atomic mass is 16.3. The van der Waals surface area contributed by atoms with Crippen molar-refractivity contribution in [3.8, 4) is 0 Å². The molecule has 0 aliphatic carbocycles. The molecule has 4 aromatic rings. The summed E-state index contributed by atoms with van der Waals surface area (Å²) in [5.41, 5.74) is 2.40. The van der Waals surface area contributed by atoms with Crippen molar-refractivity contribution in [1.82, 2.24) is 0 Å². The van der Waals surface area contributed by atoms with Crippen LogP contribution in [0.1, 0.15) is 5.56 Å². The Balaban J connectivity index is 1.63. The Morgan fingerprint density at radius 1 is 0.846 bits per heavy atom. The van der Waals surface area contributed by atoms with Gasteiger partial charge in [0.15, 0.2) is 0 Å². The second-order valence-corrected chi connectivity index (χ2v) is 5.87. The molecule has 0 aliphatic rings. The van der Waals surface area contributed by atoms with E-state index in [0.717, 1.165) is 5.56 Å². The van der Waals surface area contributed by atoms with Crippen molar-refractivity contribution in [1.29, 1.82) is 0 Å². The minimum atomic E-state index is -0.253. The maximum atomic E-state index is 12.5. The summed E-state index contributed by atoms with van der Waals surface area (Å²) in [4.78, 5) is 24.6. The van der Waals surface area contributed by atoms with Gasteiger partial charge in [-0.2, -0.15) is 0 Å². The van der Waals surface area contributed by atoms with E-state index in [1.807, 2.05) is 36.4 Å². The lowest BCUT2D eigenvalue weighted by atomic mass is 10.1. The lowest BCUT2D eigenvalue weighted by Gasteiger charge is -2.05. The molecule has 0 radical (unpaired) electrons. The van der Waals surface area contributed by atoms with Crippen molar-refractivity contribution in [2.45, 2.75) is 0 Å². The number of benzene rings is 3. The van der Waals surface area contributed by atoms with Gasteiger partial charge in [0, 0.05) is 17.8 Å². The van der Waals surface area contributed by atoms with Crippen LogP contribution in [0.5, 0.6) is 0 Å². The number of amides is 1.